The lowest BCUT2D eigenvalue weighted by Gasteiger charge is -2.47. The van der Waals surface area contributed by atoms with Crippen molar-refractivity contribution in [3.63, 3.8) is 0 Å². The van der Waals surface area contributed by atoms with Crippen LogP contribution in [0, 0.1) is 11.3 Å². The molecule has 0 N–H and O–H groups in total. The van der Waals surface area contributed by atoms with Gasteiger partial charge in [-0.05, 0) is 38.3 Å². The van der Waals surface area contributed by atoms with E-state index in [0.29, 0.717) is 26.2 Å². The average molecular weight is 465 g/mol. The molecule has 4 atom stereocenters. The van der Waals surface area contributed by atoms with Gasteiger partial charge in [0.1, 0.15) is 6.79 Å². The lowest BCUT2D eigenvalue weighted by molar-refractivity contribution is -0.158. The molecular formula is C21H40O7SSi. The van der Waals surface area contributed by atoms with E-state index in [4.69, 9.17) is 23.1 Å². The van der Waals surface area contributed by atoms with Crippen molar-refractivity contribution in [2.24, 2.45) is 11.3 Å². The summed E-state index contributed by atoms with van der Waals surface area (Å²) in [5, 5.41) is 0. The molecule has 0 amide bonds. The van der Waals surface area contributed by atoms with Gasteiger partial charge in [-0.25, -0.2) is 0 Å². The van der Waals surface area contributed by atoms with E-state index in [9.17, 15) is 8.42 Å². The Morgan fingerprint density at radius 1 is 1.20 bits per heavy atom. The second-order valence-corrected chi connectivity index (χ2v) is 17.8. The van der Waals surface area contributed by atoms with Crippen molar-refractivity contribution in [3.05, 3.63) is 12.2 Å². The minimum absolute atomic E-state index is 0.151. The van der Waals surface area contributed by atoms with Crippen LogP contribution >= 0.6 is 0 Å². The van der Waals surface area contributed by atoms with Gasteiger partial charge in [-0.2, -0.15) is 8.42 Å². The second kappa shape index (κ2) is 9.68. The fourth-order valence-corrected chi connectivity index (χ4v) is 5.67. The normalized spacial score (nSPS) is 32.5. The number of rotatable bonds is 10. The molecule has 0 spiro atoms. The summed E-state index contributed by atoms with van der Waals surface area (Å²) < 4.78 is 52.3. The SMILES string of the molecule is C=C1[C@@H](OS(C)(=O)=O)CC[C@@](C)(COCOCC[Si](C)(C)C)[C@@H]1[C@@H]1COC(C)(C)O1. The molecule has 0 unspecified atom stereocenters. The summed E-state index contributed by atoms with van der Waals surface area (Å²) in [7, 11) is -4.71. The van der Waals surface area contributed by atoms with Crippen molar-refractivity contribution in [2.75, 3.05) is 32.9 Å². The van der Waals surface area contributed by atoms with Crippen molar-refractivity contribution in [1.29, 1.82) is 0 Å². The standard InChI is InChI=1S/C21H40O7SSi/c1-16-17(28-29(5,22)23)9-10-21(4,14-25-15-24-11-12-30(6,7)8)19(16)18-13-26-20(2,3)27-18/h17-19H,1,9-15H2,2-8H3/t17-,18-,19-,21-/m0/s1. The maximum atomic E-state index is 11.7. The van der Waals surface area contributed by atoms with Gasteiger partial charge in [-0.3, -0.25) is 4.18 Å². The monoisotopic (exact) mass is 464 g/mol. The Morgan fingerprint density at radius 2 is 1.87 bits per heavy atom. The Balaban J connectivity index is 2.05. The molecule has 2 fully saturated rings. The molecule has 0 radical (unpaired) electrons. The number of hydrogen-bond donors (Lipinski definition) is 0. The molecule has 9 heteroatoms. The molecule has 2 aliphatic rings. The van der Waals surface area contributed by atoms with Gasteiger partial charge in [0.25, 0.3) is 10.1 Å². The highest BCUT2D eigenvalue weighted by atomic mass is 32.2. The van der Waals surface area contributed by atoms with Crippen molar-refractivity contribution in [1.82, 2.24) is 0 Å². The first-order valence-corrected chi connectivity index (χ1v) is 16.2. The van der Waals surface area contributed by atoms with Gasteiger partial charge in [-0.1, -0.05) is 33.1 Å². The van der Waals surface area contributed by atoms with Crippen LogP contribution in [-0.4, -0.2) is 67.4 Å². The summed E-state index contributed by atoms with van der Waals surface area (Å²) in [5.41, 5.74) is 0.439. The van der Waals surface area contributed by atoms with E-state index in [0.717, 1.165) is 24.3 Å². The van der Waals surface area contributed by atoms with Gasteiger partial charge in [-0.15, -0.1) is 0 Å². The topological polar surface area (TPSA) is 80.3 Å². The Hall–Kier alpha value is -0.293. The first-order valence-electron chi connectivity index (χ1n) is 10.7. The molecule has 1 saturated carbocycles. The summed E-state index contributed by atoms with van der Waals surface area (Å²) in [6, 6.07) is 1.10. The van der Waals surface area contributed by atoms with Crippen LogP contribution in [0.5, 0.6) is 0 Å². The summed E-state index contributed by atoms with van der Waals surface area (Å²) in [5.74, 6) is -0.834. The molecule has 1 aliphatic heterocycles. The fourth-order valence-electron chi connectivity index (χ4n) is 4.27. The highest BCUT2D eigenvalue weighted by molar-refractivity contribution is 7.86. The Labute approximate surface area is 183 Å². The molecule has 0 aromatic rings. The van der Waals surface area contributed by atoms with Crippen LogP contribution in [0.1, 0.15) is 33.6 Å². The van der Waals surface area contributed by atoms with Gasteiger partial charge in [0, 0.05) is 26.0 Å². The van der Waals surface area contributed by atoms with Gasteiger partial charge < -0.3 is 18.9 Å². The lowest BCUT2D eigenvalue weighted by atomic mass is 9.63. The molecule has 0 aromatic heterocycles. The van der Waals surface area contributed by atoms with Gasteiger partial charge in [0.05, 0.1) is 31.7 Å². The summed E-state index contributed by atoms with van der Waals surface area (Å²) in [6.45, 7) is 18.9. The zero-order valence-electron chi connectivity index (χ0n) is 19.7. The zero-order chi connectivity index (χ0) is 22.8. The Morgan fingerprint density at radius 3 is 2.40 bits per heavy atom. The maximum absolute atomic E-state index is 11.7. The van der Waals surface area contributed by atoms with E-state index in [1.54, 1.807) is 0 Å². The van der Waals surface area contributed by atoms with E-state index in [-0.39, 0.29) is 24.2 Å². The van der Waals surface area contributed by atoms with Crippen LogP contribution in [0.3, 0.4) is 0 Å². The molecule has 7 nitrogen and oxygen atoms in total. The van der Waals surface area contributed by atoms with E-state index in [1.165, 1.54) is 0 Å². The van der Waals surface area contributed by atoms with Gasteiger partial charge >= 0.3 is 0 Å². The summed E-state index contributed by atoms with van der Waals surface area (Å²) in [6.07, 6.45) is 1.57. The molecule has 1 aliphatic carbocycles. The molecule has 1 saturated heterocycles. The largest absolute Gasteiger partial charge is 0.356 e. The molecule has 2 rings (SSSR count). The third-order valence-corrected chi connectivity index (χ3v) is 8.12. The number of ether oxygens (including phenoxy) is 4. The van der Waals surface area contributed by atoms with Crippen LogP contribution < -0.4 is 0 Å². The van der Waals surface area contributed by atoms with Crippen LogP contribution in [-0.2, 0) is 33.2 Å². The van der Waals surface area contributed by atoms with Crippen LogP contribution in [0.4, 0.5) is 0 Å². The maximum Gasteiger partial charge on any atom is 0.264 e. The smallest absolute Gasteiger partial charge is 0.264 e. The molecule has 0 aromatic carbocycles. The third kappa shape index (κ3) is 7.69. The fraction of sp³-hybridized carbons (Fsp3) is 0.905. The quantitative estimate of drug-likeness (QED) is 0.160. The molecule has 30 heavy (non-hydrogen) atoms. The van der Waals surface area contributed by atoms with Crippen LogP contribution in [0.25, 0.3) is 0 Å². The predicted molar refractivity (Wildman–Crippen MR) is 120 cm³/mol. The van der Waals surface area contributed by atoms with E-state index < -0.39 is 30.1 Å². The van der Waals surface area contributed by atoms with Crippen molar-refractivity contribution in [3.8, 4) is 0 Å². The average Bonchev–Trinajstić information content (AvgIpc) is 2.91. The summed E-state index contributed by atoms with van der Waals surface area (Å²) in [4.78, 5) is 0. The van der Waals surface area contributed by atoms with Gasteiger partial charge in [0.15, 0.2) is 5.79 Å². The highest BCUT2D eigenvalue weighted by Crippen LogP contribution is 2.49. The highest BCUT2D eigenvalue weighted by Gasteiger charge is 2.51. The van der Waals surface area contributed by atoms with E-state index in [2.05, 4.69) is 33.1 Å². The Bertz CT molecular complexity index is 701. The lowest BCUT2D eigenvalue weighted by Crippen LogP contribution is -2.49. The van der Waals surface area contributed by atoms with Crippen LogP contribution in [0.2, 0.25) is 25.7 Å². The predicted octanol–water partition coefficient (Wildman–Crippen LogP) is 3.78. The number of hydrogen-bond acceptors (Lipinski definition) is 7. The van der Waals surface area contributed by atoms with E-state index >= 15 is 0 Å². The van der Waals surface area contributed by atoms with Gasteiger partial charge in [0.2, 0.25) is 0 Å². The molecular weight excluding hydrogens is 424 g/mol. The zero-order valence-corrected chi connectivity index (χ0v) is 21.5. The van der Waals surface area contributed by atoms with Crippen molar-refractivity contribution < 1.29 is 31.5 Å². The molecule has 0 bridgehead atoms. The third-order valence-electron chi connectivity index (χ3n) is 5.83. The molecule has 1 heterocycles. The van der Waals surface area contributed by atoms with Crippen LogP contribution in [0.15, 0.2) is 12.2 Å². The molecule has 176 valence electrons. The Kier molecular flexibility index (Phi) is 8.38. The van der Waals surface area contributed by atoms with Crippen molar-refractivity contribution in [2.45, 2.75) is 77.3 Å². The first kappa shape index (κ1) is 26.0. The second-order valence-electron chi connectivity index (χ2n) is 10.6. The van der Waals surface area contributed by atoms with E-state index in [1.807, 2.05) is 13.8 Å². The minimum Gasteiger partial charge on any atom is -0.356 e. The van der Waals surface area contributed by atoms with Crippen molar-refractivity contribution >= 4 is 18.2 Å². The first-order chi connectivity index (χ1) is 13.6. The minimum atomic E-state index is -3.58. The summed E-state index contributed by atoms with van der Waals surface area (Å²) >= 11 is 0.